The second-order valence-electron chi connectivity index (χ2n) is 3.67. The average molecular weight is 217 g/mol. The van der Waals surface area contributed by atoms with E-state index >= 15 is 0 Å². The van der Waals surface area contributed by atoms with Gasteiger partial charge in [0.15, 0.2) is 11.5 Å². The predicted molar refractivity (Wildman–Crippen MR) is 62.6 cm³/mol. The third-order valence-corrected chi connectivity index (χ3v) is 2.53. The maximum Gasteiger partial charge on any atom is 0.231 e. The number of fused-ring (bicyclic) bond motifs is 1. The topological polar surface area (TPSA) is 30.5 Å². The molecule has 1 unspecified atom stereocenters. The van der Waals surface area contributed by atoms with Crippen molar-refractivity contribution in [2.24, 2.45) is 0 Å². The van der Waals surface area contributed by atoms with Crippen LogP contribution in [0, 0.1) is 12.3 Å². The van der Waals surface area contributed by atoms with Crippen LogP contribution < -0.4 is 14.8 Å². The molecule has 0 saturated carbocycles. The van der Waals surface area contributed by atoms with Gasteiger partial charge in [-0.3, -0.25) is 0 Å². The Kier molecular flexibility index (Phi) is 3.33. The fraction of sp³-hybridized carbons (Fsp3) is 0.385. The van der Waals surface area contributed by atoms with Crippen molar-refractivity contribution in [1.82, 2.24) is 5.32 Å². The van der Waals surface area contributed by atoms with E-state index in [0.717, 1.165) is 30.0 Å². The molecule has 2 rings (SSSR count). The van der Waals surface area contributed by atoms with E-state index in [1.165, 1.54) is 0 Å². The summed E-state index contributed by atoms with van der Waals surface area (Å²) in [6.45, 7) is 3.23. The quantitative estimate of drug-likeness (QED) is 0.776. The molecule has 3 heteroatoms. The van der Waals surface area contributed by atoms with E-state index < -0.39 is 0 Å². The Morgan fingerprint density at radius 2 is 2.25 bits per heavy atom. The zero-order chi connectivity index (χ0) is 11.4. The SMILES string of the molecule is C#CC(Cc1ccc2c(c1)OCO2)NCC. The van der Waals surface area contributed by atoms with Crippen molar-refractivity contribution in [3.63, 3.8) is 0 Å². The summed E-state index contributed by atoms with van der Waals surface area (Å²) >= 11 is 0. The Morgan fingerprint density at radius 3 is 3.00 bits per heavy atom. The molecule has 0 radical (unpaired) electrons. The first-order valence-electron chi connectivity index (χ1n) is 5.41. The maximum absolute atomic E-state index is 5.45. The van der Waals surface area contributed by atoms with Crippen molar-refractivity contribution in [2.45, 2.75) is 19.4 Å². The number of hydrogen-bond donors (Lipinski definition) is 1. The molecule has 1 atom stereocenters. The Morgan fingerprint density at radius 1 is 1.44 bits per heavy atom. The number of ether oxygens (including phenoxy) is 2. The summed E-state index contributed by atoms with van der Waals surface area (Å²) in [5, 5.41) is 3.24. The van der Waals surface area contributed by atoms with E-state index in [4.69, 9.17) is 15.9 Å². The average Bonchev–Trinajstić information content (AvgIpc) is 2.75. The molecule has 1 aliphatic heterocycles. The Hall–Kier alpha value is -1.66. The molecule has 0 spiro atoms. The van der Waals surface area contributed by atoms with Crippen LogP contribution in [-0.2, 0) is 6.42 Å². The molecule has 1 aliphatic rings. The molecule has 1 aromatic rings. The van der Waals surface area contributed by atoms with Crippen LogP contribution in [0.4, 0.5) is 0 Å². The second-order valence-corrected chi connectivity index (χ2v) is 3.67. The highest BCUT2D eigenvalue weighted by Crippen LogP contribution is 2.32. The minimum absolute atomic E-state index is 0.0744. The summed E-state index contributed by atoms with van der Waals surface area (Å²) in [5.74, 6) is 4.36. The highest BCUT2D eigenvalue weighted by molar-refractivity contribution is 5.44. The van der Waals surface area contributed by atoms with Crippen LogP contribution in [0.15, 0.2) is 18.2 Å². The van der Waals surface area contributed by atoms with Gasteiger partial charge >= 0.3 is 0 Å². The fourth-order valence-electron chi connectivity index (χ4n) is 1.74. The lowest BCUT2D eigenvalue weighted by Gasteiger charge is -2.11. The van der Waals surface area contributed by atoms with Crippen LogP contribution in [-0.4, -0.2) is 19.4 Å². The van der Waals surface area contributed by atoms with E-state index in [-0.39, 0.29) is 6.04 Å². The summed E-state index contributed by atoms with van der Waals surface area (Å²) in [4.78, 5) is 0. The van der Waals surface area contributed by atoms with Crippen LogP contribution in [0.1, 0.15) is 12.5 Å². The number of benzene rings is 1. The van der Waals surface area contributed by atoms with Gasteiger partial charge in [0.1, 0.15) is 0 Å². The normalized spacial score (nSPS) is 14.5. The van der Waals surface area contributed by atoms with E-state index in [1.807, 2.05) is 25.1 Å². The van der Waals surface area contributed by atoms with Gasteiger partial charge in [0.25, 0.3) is 0 Å². The van der Waals surface area contributed by atoms with Crippen LogP contribution in [0.2, 0.25) is 0 Å². The first-order valence-corrected chi connectivity index (χ1v) is 5.41. The standard InChI is InChI=1S/C13H15NO2/c1-3-11(14-4-2)7-10-5-6-12-13(8-10)16-9-15-12/h1,5-6,8,11,14H,4,7,9H2,2H3. The summed E-state index contributed by atoms with van der Waals surface area (Å²) in [7, 11) is 0. The highest BCUT2D eigenvalue weighted by atomic mass is 16.7. The van der Waals surface area contributed by atoms with Crippen LogP contribution in [0.3, 0.4) is 0 Å². The fourth-order valence-corrected chi connectivity index (χ4v) is 1.74. The van der Waals surface area contributed by atoms with Gasteiger partial charge in [-0.2, -0.15) is 0 Å². The number of likely N-dealkylation sites (N-methyl/N-ethyl adjacent to an activating group) is 1. The van der Waals surface area contributed by atoms with Crippen molar-refractivity contribution < 1.29 is 9.47 Å². The van der Waals surface area contributed by atoms with Gasteiger partial charge in [-0.15, -0.1) is 6.42 Å². The number of rotatable bonds is 4. The molecular weight excluding hydrogens is 202 g/mol. The predicted octanol–water partition coefficient (Wildman–Crippen LogP) is 1.57. The van der Waals surface area contributed by atoms with Gasteiger partial charge in [0, 0.05) is 0 Å². The van der Waals surface area contributed by atoms with Crippen LogP contribution in [0.5, 0.6) is 11.5 Å². The lowest BCUT2D eigenvalue weighted by Crippen LogP contribution is -2.29. The Bertz CT molecular complexity index is 409. The maximum atomic E-state index is 5.45. The third-order valence-electron chi connectivity index (χ3n) is 2.53. The zero-order valence-corrected chi connectivity index (χ0v) is 9.32. The van der Waals surface area contributed by atoms with E-state index in [2.05, 4.69) is 11.2 Å². The number of hydrogen-bond acceptors (Lipinski definition) is 3. The largest absolute Gasteiger partial charge is 0.454 e. The van der Waals surface area contributed by atoms with Crippen molar-refractivity contribution in [3.8, 4) is 23.8 Å². The van der Waals surface area contributed by atoms with Gasteiger partial charge in [0.2, 0.25) is 6.79 Å². The van der Waals surface area contributed by atoms with E-state index in [1.54, 1.807) is 0 Å². The van der Waals surface area contributed by atoms with Gasteiger partial charge in [0.05, 0.1) is 6.04 Å². The second kappa shape index (κ2) is 4.91. The summed E-state index contributed by atoms with van der Waals surface area (Å²) in [6, 6.07) is 6.02. The minimum Gasteiger partial charge on any atom is -0.454 e. The van der Waals surface area contributed by atoms with E-state index in [0.29, 0.717) is 6.79 Å². The number of terminal acetylenes is 1. The first kappa shape index (κ1) is 10.8. The summed E-state index contributed by atoms with van der Waals surface area (Å²) in [6.07, 6.45) is 6.26. The zero-order valence-electron chi connectivity index (χ0n) is 9.32. The van der Waals surface area contributed by atoms with Gasteiger partial charge in [-0.25, -0.2) is 0 Å². The molecular formula is C13H15NO2. The van der Waals surface area contributed by atoms with Crippen molar-refractivity contribution >= 4 is 0 Å². The molecule has 0 amide bonds. The molecule has 16 heavy (non-hydrogen) atoms. The molecule has 1 N–H and O–H groups in total. The summed E-state index contributed by atoms with van der Waals surface area (Å²) < 4.78 is 10.6. The third kappa shape index (κ3) is 2.29. The van der Waals surface area contributed by atoms with Crippen LogP contribution in [0.25, 0.3) is 0 Å². The molecule has 0 saturated heterocycles. The summed E-state index contributed by atoms with van der Waals surface area (Å²) in [5.41, 5.74) is 1.16. The molecule has 84 valence electrons. The van der Waals surface area contributed by atoms with Crippen molar-refractivity contribution in [2.75, 3.05) is 13.3 Å². The van der Waals surface area contributed by atoms with Gasteiger partial charge < -0.3 is 14.8 Å². The minimum atomic E-state index is 0.0744. The molecule has 0 aliphatic carbocycles. The van der Waals surface area contributed by atoms with Gasteiger partial charge in [-0.1, -0.05) is 18.9 Å². The Balaban J connectivity index is 2.07. The first-order chi connectivity index (χ1) is 7.83. The van der Waals surface area contributed by atoms with Crippen molar-refractivity contribution in [3.05, 3.63) is 23.8 Å². The molecule has 3 nitrogen and oxygen atoms in total. The van der Waals surface area contributed by atoms with Crippen LogP contribution >= 0.6 is 0 Å². The molecule has 0 fully saturated rings. The molecule has 1 aromatic carbocycles. The number of nitrogens with one attached hydrogen (secondary N) is 1. The molecule has 0 bridgehead atoms. The van der Waals surface area contributed by atoms with Gasteiger partial charge in [-0.05, 0) is 30.7 Å². The lowest BCUT2D eigenvalue weighted by molar-refractivity contribution is 0.174. The van der Waals surface area contributed by atoms with E-state index in [9.17, 15) is 0 Å². The smallest absolute Gasteiger partial charge is 0.231 e. The Labute approximate surface area is 95.8 Å². The lowest BCUT2D eigenvalue weighted by atomic mass is 10.1. The highest BCUT2D eigenvalue weighted by Gasteiger charge is 2.14. The van der Waals surface area contributed by atoms with Crippen molar-refractivity contribution in [1.29, 1.82) is 0 Å². The molecule has 0 aromatic heterocycles. The molecule has 1 heterocycles. The monoisotopic (exact) mass is 217 g/mol.